The smallest absolute Gasteiger partial charge is 0.235 e. The van der Waals surface area contributed by atoms with Crippen molar-refractivity contribution in [3.05, 3.63) is 31.2 Å². The van der Waals surface area contributed by atoms with Crippen molar-refractivity contribution >= 4 is 47.8 Å². The van der Waals surface area contributed by atoms with E-state index >= 15 is 0 Å². The van der Waals surface area contributed by atoms with Gasteiger partial charge in [-0.3, -0.25) is 0 Å². The lowest BCUT2D eigenvalue weighted by molar-refractivity contribution is -0.445. The van der Waals surface area contributed by atoms with Gasteiger partial charge in [0, 0.05) is 8.95 Å². The second kappa shape index (κ2) is 4.63. The van der Waals surface area contributed by atoms with Gasteiger partial charge in [-0.05, 0) is 28.1 Å². The van der Waals surface area contributed by atoms with Gasteiger partial charge in [-0.15, -0.1) is 9.31 Å². The fraction of sp³-hybridized carbons (Fsp3) is 0. The first-order valence-corrected chi connectivity index (χ1v) is 6.53. The summed E-state index contributed by atoms with van der Waals surface area (Å²) in [4.78, 5) is 9.40. The van der Waals surface area contributed by atoms with Crippen LogP contribution in [0.2, 0.25) is 0 Å². The second-order valence-electron chi connectivity index (χ2n) is 2.57. The molecular formula is C6H3Br2FN2O4S. The number of nitrogens with zero attached hydrogens (tertiary/aromatic N) is 1. The first kappa shape index (κ1) is 13.3. The second-order valence-corrected chi connectivity index (χ2v) is 5.63. The molecule has 0 atom stereocenters. The number of rotatable bonds is 3. The highest BCUT2D eigenvalue weighted by atomic mass is 79.9. The predicted molar refractivity (Wildman–Crippen MR) is 60.8 cm³/mol. The van der Waals surface area contributed by atoms with Crippen molar-refractivity contribution in [1.29, 1.82) is 0 Å². The van der Waals surface area contributed by atoms with Crippen molar-refractivity contribution < 1.29 is 17.3 Å². The van der Waals surface area contributed by atoms with Crippen LogP contribution in [-0.2, 0) is 10.2 Å². The Labute approximate surface area is 106 Å². The molecule has 0 radical (unpaired) electrons. The zero-order chi connectivity index (χ0) is 12.5. The molecule has 88 valence electrons. The van der Waals surface area contributed by atoms with E-state index in [1.165, 1.54) is 6.07 Å². The molecule has 6 nitrogen and oxygen atoms in total. The zero-order valence-corrected chi connectivity index (χ0v) is 11.3. The SMILES string of the molecule is O=[N+]([O-])Nc1cc(Br)cc(Br)c1S(=O)(=O)F. The Morgan fingerprint density at radius 3 is 2.38 bits per heavy atom. The number of halogens is 3. The van der Waals surface area contributed by atoms with Crippen molar-refractivity contribution in [2.24, 2.45) is 0 Å². The normalized spacial score (nSPS) is 11.2. The summed E-state index contributed by atoms with van der Waals surface area (Å²) >= 11 is 5.81. The van der Waals surface area contributed by atoms with E-state index in [9.17, 15) is 22.4 Å². The largest absolute Gasteiger partial charge is 0.335 e. The van der Waals surface area contributed by atoms with Gasteiger partial charge in [-0.2, -0.15) is 8.42 Å². The molecule has 0 aliphatic carbocycles. The molecule has 0 aliphatic heterocycles. The fourth-order valence-electron chi connectivity index (χ4n) is 0.990. The molecule has 0 bridgehead atoms. The van der Waals surface area contributed by atoms with E-state index in [4.69, 9.17) is 0 Å². The topological polar surface area (TPSA) is 89.3 Å². The Morgan fingerprint density at radius 1 is 1.38 bits per heavy atom. The maximum Gasteiger partial charge on any atom is 0.335 e. The van der Waals surface area contributed by atoms with Crippen molar-refractivity contribution in [3.8, 4) is 0 Å². The quantitative estimate of drug-likeness (QED) is 0.496. The number of nitrogens with one attached hydrogen (secondary N) is 1. The molecular weight excluding hydrogens is 375 g/mol. The molecule has 1 aromatic carbocycles. The molecule has 0 saturated carbocycles. The van der Waals surface area contributed by atoms with E-state index in [0.717, 1.165) is 6.07 Å². The summed E-state index contributed by atoms with van der Waals surface area (Å²) in [6, 6.07) is 2.34. The lowest BCUT2D eigenvalue weighted by Gasteiger charge is -2.06. The first-order valence-electron chi connectivity index (χ1n) is 3.56. The van der Waals surface area contributed by atoms with Gasteiger partial charge in [0.25, 0.3) is 0 Å². The van der Waals surface area contributed by atoms with E-state index in [0.29, 0.717) is 4.47 Å². The van der Waals surface area contributed by atoms with E-state index in [1.54, 1.807) is 5.43 Å². The van der Waals surface area contributed by atoms with Crippen molar-refractivity contribution in [3.63, 3.8) is 0 Å². The average Bonchev–Trinajstić information content (AvgIpc) is 1.96. The lowest BCUT2D eigenvalue weighted by atomic mass is 10.3. The fourth-order valence-corrected chi connectivity index (χ4v) is 3.45. The Bertz CT molecular complexity index is 548. The van der Waals surface area contributed by atoms with E-state index in [-0.39, 0.29) is 4.47 Å². The summed E-state index contributed by atoms with van der Waals surface area (Å²) < 4.78 is 34.7. The van der Waals surface area contributed by atoms with E-state index in [1.807, 2.05) is 0 Å². The molecule has 0 saturated heterocycles. The van der Waals surface area contributed by atoms with Crippen LogP contribution in [0.25, 0.3) is 0 Å². The number of nitro groups is 1. The predicted octanol–water partition coefficient (Wildman–Crippen LogP) is 2.47. The van der Waals surface area contributed by atoms with E-state index < -0.39 is 25.8 Å². The standard InChI is InChI=1S/C6H3Br2FN2O4S/c7-3-1-4(8)6(16(9,14)15)5(2-3)10-11(12)13/h1-2,10H. The van der Waals surface area contributed by atoms with Crippen LogP contribution in [0.15, 0.2) is 26.0 Å². The molecule has 0 unspecified atom stereocenters. The average molecular weight is 378 g/mol. The van der Waals surface area contributed by atoms with Crippen LogP contribution < -0.4 is 5.43 Å². The van der Waals surface area contributed by atoms with E-state index in [2.05, 4.69) is 31.9 Å². The maximum atomic E-state index is 12.9. The molecule has 0 aliphatic rings. The molecule has 0 aromatic heterocycles. The van der Waals surface area contributed by atoms with Gasteiger partial charge in [-0.25, -0.2) is 10.1 Å². The Morgan fingerprint density at radius 2 is 1.94 bits per heavy atom. The Kier molecular flexibility index (Phi) is 3.86. The van der Waals surface area contributed by atoms with Crippen LogP contribution in [0.3, 0.4) is 0 Å². The molecule has 16 heavy (non-hydrogen) atoms. The highest BCUT2D eigenvalue weighted by Gasteiger charge is 2.24. The van der Waals surface area contributed by atoms with Gasteiger partial charge >= 0.3 is 10.2 Å². The summed E-state index contributed by atoms with van der Waals surface area (Å²) in [5.74, 6) is 0. The molecule has 10 heteroatoms. The van der Waals surface area contributed by atoms with Crippen molar-refractivity contribution in [2.45, 2.75) is 4.90 Å². The number of benzene rings is 1. The van der Waals surface area contributed by atoms with Crippen molar-refractivity contribution in [2.75, 3.05) is 5.43 Å². The minimum atomic E-state index is -5.06. The summed E-state index contributed by atoms with van der Waals surface area (Å²) in [6.45, 7) is 0. The molecule has 0 fully saturated rings. The van der Waals surface area contributed by atoms with Gasteiger partial charge < -0.3 is 0 Å². The summed E-state index contributed by atoms with van der Waals surface area (Å²) in [5, 5.41) is 9.23. The number of hydrogen-bond acceptors (Lipinski definition) is 4. The number of hydrazine groups is 1. The summed E-state index contributed by atoms with van der Waals surface area (Å²) in [6.07, 6.45) is 0. The Hall–Kier alpha value is -0.740. The van der Waals surface area contributed by atoms with Gasteiger partial charge in [0.05, 0.1) is 0 Å². The molecule has 0 spiro atoms. The highest BCUT2D eigenvalue weighted by molar-refractivity contribution is 9.11. The molecule has 1 N–H and O–H groups in total. The first-order chi connectivity index (χ1) is 7.21. The minimum Gasteiger partial charge on any atom is -0.235 e. The third kappa shape index (κ3) is 3.12. The van der Waals surface area contributed by atoms with Crippen LogP contribution in [0.1, 0.15) is 0 Å². The van der Waals surface area contributed by atoms with Crippen LogP contribution in [-0.4, -0.2) is 13.5 Å². The van der Waals surface area contributed by atoms with Crippen molar-refractivity contribution in [1.82, 2.24) is 0 Å². The van der Waals surface area contributed by atoms with Crippen LogP contribution >= 0.6 is 31.9 Å². The van der Waals surface area contributed by atoms with Crippen LogP contribution in [0, 0.1) is 10.1 Å². The number of anilines is 1. The molecule has 0 amide bonds. The van der Waals surface area contributed by atoms with Gasteiger partial charge in [0.2, 0.25) is 0 Å². The third-order valence-corrected chi connectivity index (χ3v) is 3.74. The summed E-state index contributed by atoms with van der Waals surface area (Å²) in [7, 11) is -5.06. The van der Waals surface area contributed by atoms with Gasteiger partial charge in [-0.1, -0.05) is 15.9 Å². The number of hydrogen-bond donors (Lipinski definition) is 1. The minimum absolute atomic E-state index is 0.117. The molecule has 0 heterocycles. The monoisotopic (exact) mass is 376 g/mol. The van der Waals surface area contributed by atoms with Gasteiger partial charge in [0.1, 0.15) is 10.6 Å². The molecule has 1 rings (SSSR count). The highest BCUT2D eigenvalue weighted by Crippen LogP contribution is 2.34. The molecule has 1 aromatic rings. The lowest BCUT2D eigenvalue weighted by Crippen LogP contribution is -2.11. The summed E-state index contributed by atoms with van der Waals surface area (Å²) in [5.41, 5.74) is 1.14. The zero-order valence-electron chi connectivity index (χ0n) is 7.28. The van der Waals surface area contributed by atoms with Crippen LogP contribution in [0.5, 0.6) is 0 Å². The van der Waals surface area contributed by atoms with Gasteiger partial charge in [0.15, 0.2) is 5.03 Å². The Balaban J connectivity index is 3.51. The van der Waals surface area contributed by atoms with Crippen LogP contribution in [0.4, 0.5) is 9.57 Å². The third-order valence-electron chi connectivity index (χ3n) is 1.46. The maximum absolute atomic E-state index is 12.9.